The minimum atomic E-state index is -4.60. The third-order valence-corrected chi connectivity index (χ3v) is 5.03. The summed E-state index contributed by atoms with van der Waals surface area (Å²) in [7, 11) is 0. The van der Waals surface area contributed by atoms with Crippen LogP contribution in [0.5, 0.6) is 0 Å². The van der Waals surface area contributed by atoms with Gasteiger partial charge in [-0.1, -0.05) is 42.5 Å². The van der Waals surface area contributed by atoms with Crippen molar-refractivity contribution in [1.29, 1.82) is 5.26 Å². The Morgan fingerprint density at radius 1 is 1.14 bits per heavy atom. The van der Waals surface area contributed by atoms with Gasteiger partial charge in [-0.05, 0) is 29.3 Å². The van der Waals surface area contributed by atoms with E-state index in [4.69, 9.17) is 5.73 Å². The molecule has 0 bridgehead atoms. The summed E-state index contributed by atoms with van der Waals surface area (Å²) in [4.78, 5) is 23.6. The first kappa shape index (κ1) is 20.1. The third kappa shape index (κ3) is 3.33. The van der Waals surface area contributed by atoms with Crippen molar-refractivity contribution in [2.75, 3.05) is 0 Å². The monoisotopic (exact) mass is 401 g/mol. The Hall–Kier alpha value is -3.67. The maximum atomic E-state index is 12.9. The van der Waals surface area contributed by atoms with Crippen LogP contribution >= 0.6 is 0 Å². The molecule has 1 amide bonds. The Morgan fingerprint density at radius 2 is 1.72 bits per heavy atom. The zero-order valence-electron chi connectivity index (χ0n) is 14.8. The zero-order chi connectivity index (χ0) is 21.4. The highest BCUT2D eigenvalue weighted by molar-refractivity contribution is 5.93. The van der Waals surface area contributed by atoms with E-state index >= 15 is 0 Å². The van der Waals surface area contributed by atoms with E-state index in [-0.39, 0.29) is 11.1 Å². The molecule has 0 fully saturated rings. The minimum Gasteiger partial charge on any atom is -0.368 e. The molecule has 2 N–H and O–H groups in total. The normalized spacial score (nSPS) is 23.9. The number of nitrogens with zero attached hydrogens (tertiary/aromatic N) is 2. The van der Waals surface area contributed by atoms with Crippen molar-refractivity contribution < 1.29 is 22.9 Å². The predicted octanol–water partition coefficient (Wildman–Crippen LogP) is 3.53. The quantitative estimate of drug-likeness (QED) is 0.624. The zero-order valence-corrected chi connectivity index (χ0v) is 14.8. The Kier molecular flexibility index (Phi) is 4.88. The molecular weight excluding hydrogens is 387 g/mol. The molecule has 3 atom stereocenters. The van der Waals surface area contributed by atoms with Gasteiger partial charge in [0.1, 0.15) is 0 Å². The van der Waals surface area contributed by atoms with Crippen molar-refractivity contribution >= 4 is 11.5 Å². The number of benzene rings is 2. The van der Waals surface area contributed by atoms with Crippen LogP contribution in [0.1, 0.15) is 22.6 Å². The summed E-state index contributed by atoms with van der Waals surface area (Å²) in [5.74, 6) is -2.49. The summed E-state index contributed by atoms with van der Waals surface area (Å²) in [6, 6.07) is 12.0. The topological polar surface area (TPSA) is 110 Å². The van der Waals surface area contributed by atoms with Crippen molar-refractivity contribution in [2.45, 2.75) is 18.1 Å². The van der Waals surface area contributed by atoms with Gasteiger partial charge in [-0.15, -0.1) is 0 Å². The number of nitriles is 1. The van der Waals surface area contributed by atoms with E-state index in [1.165, 1.54) is 6.08 Å². The maximum Gasteiger partial charge on any atom is 0.416 e. The summed E-state index contributed by atoms with van der Waals surface area (Å²) >= 11 is 0. The second-order valence-electron chi connectivity index (χ2n) is 6.64. The van der Waals surface area contributed by atoms with Gasteiger partial charge in [-0.25, -0.2) is 0 Å². The van der Waals surface area contributed by atoms with Crippen LogP contribution in [0.25, 0.3) is 5.57 Å². The fourth-order valence-electron chi connectivity index (χ4n) is 3.67. The van der Waals surface area contributed by atoms with E-state index in [9.17, 15) is 33.3 Å². The fraction of sp³-hybridized carbons (Fsp3) is 0.200. The van der Waals surface area contributed by atoms with Crippen LogP contribution < -0.4 is 5.73 Å². The molecule has 1 aliphatic rings. The van der Waals surface area contributed by atoms with Crippen molar-refractivity contribution in [1.82, 2.24) is 0 Å². The van der Waals surface area contributed by atoms with Gasteiger partial charge in [0, 0.05) is 10.5 Å². The van der Waals surface area contributed by atoms with E-state index in [2.05, 4.69) is 0 Å². The first-order valence-corrected chi connectivity index (χ1v) is 8.42. The second-order valence-corrected chi connectivity index (χ2v) is 6.64. The molecular formula is C20H14F3N3O3. The third-order valence-electron chi connectivity index (χ3n) is 5.03. The molecule has 2 aromatic rings. The highest BCUT2D eigenvalue weighted by atomic mass is 19.4. The average Bonchev–Trinajstić information content (AvgIpc) is 3.05. The van der Waals surface area contributed by atoms with E-state index < -0.39 is 39.9 Å². The van der Waals surface area contributed by atoms with Crippen LogP contribution in [-0.2, 0) is 11.0 Å². The molecule has 0 radical (unpaired) electrons. The van der Waals surface area contributed by atoms with Crippen LogP contribution in [0.15, 0.2) is 60.7 Å². The molecule has 0 aliphatic heterocycles. The number of nitrogens with two attached hydrogens (primary N) is 1. The van der Waals surface area contributed by atoms with Crippen molar-refractivity contribution in [2.24, 2.45) is 11.1 Å². The number of rotatable bonds is 4. The molecule has 0 heterocycles. The second kappa shape index (κ2) is 7.05. The van der Waals surface area contributed by atoms with Gasteiger partial charge < -0.3 is 5.73 Å². The van der Waals surface area contributed by atoms with Crippen LogP contribution in [0.3, 0.4) is 0 Å². The largest absolute Gasteiger partial charge is 0.416 e. The molecule has 1 aliphatic carbocycles. The van der Waals surface area contributed by atoms with E-state index in [0.717, 1.165) is 24.3 Å². The lowest BCUT2D eigenvalue weighted by atomic mass is 9.73. The number of primary amides is 1. The summed E-state index contributed by atoms with van der Waals surface area (Å²) in [5.41, 5.74) is 3.01. The van der Waals surface area contributed by atoms with Crippen LogP contribution in [0.2, 0.25) is 0 Å². The number of carbonyl (C=O) groups excluding carboxylic acids is 1. The Labute approximate surface area is 163 Å². The summed E-state index contributed by atoms with van der Waals surface area (Å²) in [6.45, 7) is 0. The molecule has 3 rings (SSSR count). The van der Waals surface area contributed by atoms with E-state index in [1.54, 1.807) is 36.4 Å². The van der Waals surface area contributed by atoms with E-state index in [1.807, 2.05) is 0 Å². The van der Waals surface area contributed by atoms with Crippen LogP contribution in [-0.4, -0.2) is 16.9 Å². The standard InChI is InChI=1S/C20H14F3N3O3/c21-20(22,23)14-8-6-13(7-9-14)16-17(26(28)29)15(12-4-2-1-3-5-12)10-19(16,11-24)18(25)27/h1-10,16-17H,(H2,25,27). The number of hydrogen-bond acceptors (Lipinski definition) is 4. The average molecular weight is 401 g/mol. The summed E-state index contributed by atoms with van der Waals surface area (Å²) in [5, 5.41) is 21.7. The Morgan fingerprint density at radius 3 is 2.17 bits per heavy atom. The van der Waals surface area contributed by atoms with Crippen LogP contribution in [0, 0.1) is 26.9 Å². The van der Waals surface area contributed by atoms with E-state index in [0.29, 0.717) is 5.56 Å². The number of alkyl halides is 3. The molecule has 2 aromatic carbocycles. The molecule has 3 unspecified atom stereocenters. The van der Waals surface area contributed by atoms with Gasteiger partial charge in [0.05, 0.1) is 17.6 Å². The van der Waals surface area contributed by atoms with Gasteiger partial charge in [0.2, 0.25) is 11.9 Å². The highest BCUT2D eigenvalue weighted by Crippen LogP contribution is 2.51. The minimum absolute atomic E-state index is 0.0437. The van der Waals surface area contributed by atoms with Crippen LogP contribution in [0.4, 0.5) is 13.2 Å². The number of carbonyl (C=O) groups is 1. The SMILES string of the molecule is N#CC1(C(N)=O)C=C(c2ccccc2)C([N+](=O)[O-])C1c1ccc(C(F)(F)F)cc1. The number of amides is 1. The molecule has 29 heavy (non-hydrogen) atoms. The highest BCUT2D eigenvalue weighted by Gasteiger charge is 2.59. The smallest absolute Gasteiger partial charge is 0.368 e. The lowest BCUT2D eigenvalue weighted by molar-refractivity contribution is -0.510. The predicted molar refractivity (Wildman–Crippen MR) is 96.6 cm³/mol. The maximum absolute atomic E-state index is 12.9. The first-order chi connectivity index (χ1) is 13.6. The summed E-state index contributed by atoms with van der Waals surface area (Å²) in [6.07, 6.45) is -3.43. The fourth-order valence-corrected chi connectivity index (χ4v) is 3.67. The van der Waals surface area contributed by atoms with Gasteiger partial charge in [-0.2, -0.15) is 18.4 Å². The number of nitro groups is 1. The molecule has 0 saturated heterocycles. The molecule has 148 valence electrons. The first-order valence-electron chi connectivity index (χ1n) is 8.42. The summed E-state index contributed by atoms with van der Waals surface area (Å²) < 4.78 is 38.7. The molecule has 6 nitrogen and oxygen atoms in total. The lowest BCUT2D eigenvalue weighted by Gasteiger charge is -2.26. The molecule has 9 heteroatoms. The molecule has 0 spiro atoms. The Bertz CT molecular complexity index is 1030. The van der Waals surface area contributed by atoms with Crippen molar-refractivity contribution in [3.8, 4) is 6.07 Å². The van der Waals surface area contributed by atoms with Gasteiger partial charge in [-0.3, -0.25) is 14.9 Å². The van der Waals surface area contributed by atoms with Crippen molar-refractivity contribution in [3.63, 3.8) is 0 Å². The lowest BCUT2D eigenvalue weighted by Crippen LogP contribution is -2.42. The number of hydrogen-bond donors (Lipinski definition) is 1. The van der Waals surface area contributed by atoms with Crippen molar-refractivity contribution in [3.05, 3.63) is 87.5 Å². The van der Waals surface area contributed by atoms with Gasteiger partial charge >= 0.3 is 6.18 Å². The van der Waals surface area contributed by atoms with Gasteiger partial charge in [0.25, 0.3) is 0 Å². The number of halogens is 3. The molecule has 0 saturated carbocycles. The van der Waals surface area contributed by atoms with Gasteiger partial charge in [0.15, 0.2) is 5.41 Å². The Balaban J connectivity index is 2.21. The molecule has 0 aromatic heterocycles.